The average Bonchev–Trinajstić information content (AvgIpc) is 2.67. The summed E-state index contributed by atoms with van der Waals surface area (Å²) in [6, 6.07) is 13.1. The van der Waals surface area contributed by atoms with E-state index in [9.17, 15) is 14.0 Å². The number of piperazine rings is 1. The molecule has 0 unspecified atom stereocenters. The number of hydrogen-bond donors (Lipinski definition) is 0. The number of hydrogen-bond acceptors (Lipinski definition) is 3. The molecule has 0 atom stereocenters. The molecule has 0 aliphatic carbocycles. The van der Waals surface area contributed by atoms with Crippen molar-refractivity contribution in [1.82, 2.24) is 9.80 Å². The highest BCUT2D eigenvalue weighted by Gasteiger charge is 2.24. The van der Waals surface area contributed by atoms with Crippen molar-refractivity contribution in [2.45, 2.75) is 6.42 Å². The summed E-state index contributed by atoms with van der Waals surface area (Å²) in [6.07, 6.45) is 0.171. The molecule has 0 aromatic heterocycles. The highest BCUT2D eigenvalue weighted by atomic mass is 19.1. The van der Waals surface area contributed by atoms with Crippen molar-refractivity contribution < 1.29 is 18.7 Å². The number of rotatable bonds is 4. The number of methoxy groups -OCH3 is 1. The Labute approximate surface area is 152 Å². The van der Waals surface area contributed by atoms with E-state index >= 15 is 0 Å². The van der Waals surface area contributed by atoms with E-state index < -0.39 is 0 Å². The summed E-state index contributed by atoms with van der Waals surface area (Å²) >= 11 is 0. The first-order chi connectivity index (χ1) is 12.6. The number of carbonyl (C=O) groups is 2. The third-order valence-electron chi connectivity index (χ3n) is 4.50. The molecule has 5 nitrogen and oxygen atoms in total. The topological polar surface area (TPSA) is 49.9 Å². The molecule has 6 heteroatoms. The molecular weight excluding hydrogens is 335 g/mol. The van der Waals surface area contributed by atoms with Crippen molar-refractivity contribution in [2.75, 3.05) is 33.3 Å². The lowest BCUT2D eigenvalue weighted by Gasteiger charge is -2.35. The molecule has 1 aliphatic heterocycles. The minimum atomic E-state index is -0.342. The van der Waals surface area contributed by atoms with Crippen molar-refractivity contribution in [3.63, 3.8) is 0 Å². The van der Waals surface area contributed by atoms with Crippen LogP contribution >= 0.6 is 0 Å². The van der Waals surface area contributed by atoms with E-state index in [1.807, 2.05) is 0 Å². The van der Waals surface area contributed by atoms with Crippen LogP contribution in [0.4, 0.5) is 4.39 Å². The van der Waals surface area contributed by atoms with Gasteiger partial charge < -0.3 is 14.5 Å². The van der Waals surface area contributed by atoms with Crippen molar-refractivity contribution in [2.24, 2.45) is 0 Å². The van der Waals surface area contributed by atoms with E-state index in [1.54, 1.807) is 53.3 Å². The van der Waals surface area contributed by atoms with Gasteiger partial charge in [-0.05, 0) is 42.0 Å². The average molecular weight is 356 g/mol. The zero-order valence-electron chi connectivity index (χ0n) is 14.7. The van der Waals surface area contributed by atoms with Gasteiger partial charge in [0.2, 0.25) is 5.91 Å². The maximum absolute atomic E-state index is 13.2. The molecule has 0 N–H and O–H groups in total. The third kappa shape index (κ3) is 4.20. The fraction of sp³-hybridized carbons (Fsp3) is 0.300. The summed E-state index contributed by atoms with van der Waals surface area (Å²) in [5, 5.41) is 0. The Balaban J connectivity index is 1.54. The first-order valence-corrected chi connectivity index (χ1v) is 8.52. The van der Waals surface area contributed by atoms with Crippen molar-refractivity contribution in [1.29, 1.82) is 0 Å². The fourth-order valence-electron chi connectivity index (χ4n) is 3.01. The van der Waals surface area contributed by atoms with Crippen molar-refractivity contribution in [3.8, 4) is 5.75 Å². The monoisotopic (exact) mass is 356 g/mol. The zero-order valence-corrected chi connectivity index (χ0v) is 14.7. The maximum atomic E-state index is 13.2. The van der Waals surface area contributed by atoms with Crippen LogP contribution < -0.4 is 4.74 Å². The van der Waals surface area contributed by atoms with Gasteiger partial charge in [-0.2, -0.15) is 0 Å². The van der Waals surface area contributed by atoms with Gasteiger partial charge in [-0.25, -0.2) is 4.39 Å². The molecule has 1 fully saturated rings. The van der Waals surface area contributed by atoms with Gasteiger partial charge in [-0.1, -0.05) is 12.1 Å². The van der Waals surface area contributed by atoms with Crippen LogP contribution in [0.1, 0.15) is 15.9 Å². The van der Waals surface area contributed by atoms with Crippen LogP contribution in [0.3, 0.4) is 0 Å². The fourth-order valence-corrected chi connectivity index (χ4v) is 3.01. The minimum Gasteiger partial charge on any atom is -0.497 e. The number of ether oxygens (including phenoxy) is 1. The van der Waals surface area contributed by atoms with Gasteiger partial charge in [-0.3, -0.25) is 9.59 Å². The number of benzene rings is 2. The molecule has 2 aromatic rings. The third-order valence-corrected chi connectivity index (χ3v) is 4.50. The molecule has 0 bridgehead atoms. The lowest BCUT2D eigenvalue weighted by molar-refractivity contribution is -0.131. The highest BCUT2D eigenvalue weighted by molar-refractivity contribution is 5.94. The number of carbonyl (C=O) groups excluding carboxylic acids is 2. The van der Waals surface area contributed by atoms with Crippen LogP contribution in [-0.4, -0.2) is 54.9 Å². The predicted octanol–water partition coefficient (Wildman–Crippen LogP) is 2.36. The molecule has 1 heterocycles. The summed E-state index contributed by atoms with van der Waals surface area (Å²) in [6.45, 7) is 1.94. The van der Waals surface area contributed by atoms with E-state index in [-0.39, 0.29) is 24.1 Å². The summed E-state index contributed by atoms with van der Waals surface area (Å²) < 4.78 is 18.3. The lowest BCUT2D eigenvalue weighted by Crippen LogP contribution is -2.51. The molecular formula is C20H21FN2O3. The Morgan fingerprint density at radius 2 is 1.65 bits per heavy atom. The van der Waals surface area contributed by atoms with E-state index in [0.29, 0.717) is 43.1 Å². The van der Waals surface area contributed by atoms with Crippen LogP contribution in [0.25, 0.3) is 0 Å². The molecule has 26 heavy (non-hydrogen) atoms. The van der Waals surface area contributed by atoms with Gasteiger partial charge in [-0.15, -0.1) is 0 Å². The summed E-state index contributed by atoms with van der Waals surface area (Å²) in [7, 11) is 1.58. The van der Waals surface area contributed by atoms with Crippen molar-refractivity contribution >= 4 is 11.8 Å². The molecule has 3 rings (SSSR count). The van der Waals surface area contributed by atoms with Crippen LogP contribution in [0.2, 0.25) is 0 Å². The summed E-state index contributed by atoms with van der Waals surface area (Å²) in [5.74, 6) is 0.261. The van der Waals surface area contributed by atoms with Crippen LogP contribution in [0.15, 0.2) is 48.5 Å². The Morgan fingerprint density at radius 1 is 1.00 bits per heavy atom. The SMILES string of the molecule is COc1ccc(C(=O)N2CCN(C(=O)Cc3cccc(F)c3)CC2)cc1. The standard InChI is InChI=1S/C20H21FN2O3/c1-26-18-7-5-16(6-8-18)20(25)23-11-9-22(10-12-23)19(24)14-15-3-2-4-17(21)13-15/h2-8,13H,9-12,14H2,1H3. The number of amides is 2. The lowest BCUT2D eigenvalue weighted by atomic mass is 10.1. The molecule has 136 valence electrons. The molecule has 0 spiro atoms. The second-order valence-electron chi connectivity index (χ2n) is 6.21. The molecule has 2 amide bonds. The van der Waals surface area contributed by atoms with Gasteiger partial charge in [0.05, 0.1) is 13.5 Å². The predicted molar refractivity (Wildman–Crippen MR) is 95.6 cm³/mol. The van der Waals surface area contributed by atoms with E-state index in [1.165, 1.54) is 12.1 Å². The summed E-state index contributed by atoms with van der Waals surface area (Å²) in [4.78, 5) is 28.4. The smallest absolute Gasteiger partial charge is 0.253 e. The number of nitrogens with zero attached hydrogens (tertiary/aromatic N) is 2. The quantitative estimate of drug-likeness (QED) is 0.845. The Bertz CT molecular complexity index is 784. The Kier molecular flexibility index (Phi) is 5.51. The van der Waals surface area contributed by atoms with E-state index in [0.717, 1.165) is 0 Å². The van der Waals surface area contributed by atoms with Gasteiger partial charge in [0.25, 0.3) is 5.91 Å². The van der Waals surface area contributed by atoms with Crippen LogP contribution in [0, 0.1) is 5.82 Å². The van der Waals surface area contributed by atoms with Crippen molar-refractivity contribution in [3.05, 3.63) is 65.5 Å². The number of halogens is 1. The summed E-state index contributed by atoms with van der Waals surface area (Å²) in [5.41, 5.74) is 1.26. The maximum Gasteiger partial charge on any atom is 0.253 e. The molecule has 2 aromatic carbocycles. The Hall–Kier alpha value is -2.89. The molecule has 0 radical (unpaired) electrons. The normalized spacial score (nSPS) is 14.2. The molecule has 0 saturated carbocycles. The minimum absolute atomic E-state index is 0.0489. The van der Waals surface area contributed by atoms with Gasteiger partial charge in [0, 0.05) is 31.7 Å². The second-order valence-corrected chi connectivity index (χ2v) is 6.21. The zero-order chi connectivity index (χ0) is 18.5. The van der Waals surface area contributed by atoms with E-state index in [2.05, 4.69) is 0 Å². The largest absolute Gasteiger partial charge is 0.497 e. The van der Waals surface area contributed by atoms with Crippen LogP contribution in [-0.2, 0) is 11.2 Å². The van der Waals surface area contributed by atoms with Gasteiger partial charge in [0.1, 0.15) is 11.6 Å². The van der Waals surface area contributed by atoms with Crippen LogP contribution in [0.5, 0.6) is 5.75 Å². The van der Waals surface area contributed by atoms with E-state index in [4.69, 9.17) is 4.74 Å². The molecule has 1 saturated heterocycles. The second kappa shape index (κ2) is 7.99. The van der Waals surface area contributed by atoms with Gasteiger partial charge in [0.15, 0.2) is 0 Å². The van der Waals surface area contributed by atoms with Gasteiger partial charge >= 0.3 is 0 Å². The highest BCUT2D eigenvalue weighted by Crippen LogP contribution is 2.15. The molecule has 1 aliphatic rings. The first-order valence-electron chi connectivity index (χ1n) is 8.52. The Morgan fingerprint density at radius 3 is 2.27 bits per heavy atom. The first kappa shape index (κ1) is 17.9.